The minimum atomic E-state index is -2.99. The molecule has 0 saturated carbocycles. The molecular formula is C13H15F2N5O2. The van der Waals surface area contributed by atoms with Gasteiger partial charge in [0.2, 0.25) is 11.8 Å². The van der Waals surface area contributed by atoms with Crippen molar-refractivity contribution >= 4 is 5.91 Å². The number of alkyl halides is 2. The minimum absolute atomic E-state index is 0.0385. The number of aryl methyl sites for hydroxylation is 2. The maximum atomic E-state index is 13.8. The van der Waals surface area contributed by atoms with Crippen LogP contribution in [0.2, 0.25) is 0 Å². The lowest BCUT2D eigenvalue weighted by molar-refractivity contribution is 0.0115. The number of hydrogen-bond acceptors (Lipinski definition) is 5. The summed E-state index contributed by atoms with van der Waals surface area (Å²) >= 11 is 0. The fraction of sp³-hybridized carbons (Fsp3) is 0.538. The number of nitrogens with zero attached hydrogens (tertiary/aromatic N) is 5. The number of halogens is 2. The van der Waals surface area contributed by atoms with Crippen molar-refractivity contribution in [2.45, 2.75) is 31.7 Å². The lowest BCUT2D eigenvalue weighted by Gasteiger charge is -2.20. The Morgan fingerprint density at radius 2 is 2.27 bits per heavy atom. The highest BCUT2D eigenvalue weighted by Gasteiger charge is 2.50. The van der Waals surface area contributed by atoms with Gasteiger partial charge in [-0.25, -0.2) is 13.8 Å². The molecular weight excluding hydrogens is 296 g/mol. The Kier molecular flexibility index (Phi) is 3.42. The van der Waals surface area contributed by atoms with E-state index in [9.17, 15) is 13.6 Å². The first kappa shape index (κ1) is 14.6. The number of carbonyl (C=O) groups excluding carboxylic acids is 1. The van der Waals surface area contributed by atoms with Crippen molar-refractivity contribution in [3.63, 3.8) is 0 Å². The molecule has 2 aromatic rings. The Morgan fingerprint density at radius 3 is 2.86 bits per heavy atom. The molecule has 22 heavy (non-hydrogen) atoms. The van der Waals surface area contributed by atoms with E-state index in [4.69, 9.17) is 4.42 Å². The Balaban J connectivity index is 1.93. The fourth-order valence-corrected chi connectivity index (χ4v) is 2.50. The Hall–Kier alpha value is -2.32. The predicted molar refractivity (Wildman–Crippen MR) is 70.2 cm³/mol. The van der Waals surface area contributed by atoms with Gasteiger partial charge in [0.05, 0.1) is 6.54 Å². The van der Waals surface area contributed by atoms with Gasteiger partial charge in [-0.15, -0.1) is 10.2 Å². The highest BCUT2D eigenvalue weighted by atomic mass is 19.3. The van der Waals surface area contributed by atoms with Crippen LogP contribution in [0.5, 0.6) is 0 Å². The quantitative estimate of drug-likeness (QED) is 0.860. The molecule has 0 bridgehead atoms. The predicted octanol–water partition coefficient (Wildman–Crippen LogP) is 1.59. The molecule has 9 heteroatoms. The highest BCUT2D eigenvalue weighted by Crippen LogP contribution is 2.41. The van der Waals surface area contributed by atoms with Gasteiger partial charge < -0.3 is 13.9 Å². The molecule has 1 atom stereocenters. The molecule has 7 nitrogen and oxygen atoms in total. The van der Waals surface area contributed by atoms with Crippen molar-refractivity contribution in [3.05, 3.63) is 30.0 Å². The molecule has 1 amide bonds. The summed E-state index contributed by atoms with van der Waals surface area (Å²) in [7, 11) is 1.63. The Morgan fingerprint density at radius 1 is 1.50 bits per heavy atom. The Labute approximate surface area is 124 Å². The summed E-state index contributed by atoms with van der Waals surface area (Å²) in [6.07, 6.45) is 2.99. The summed E-state index contributed by atoms with van der Waals surface area (Å²) in [4.78, 5) is 17.5. The number of aromatic nitrogens is 4. The molecule has 1 aliphatic heterocycles. The number of carbonyl (C=O) groups is 1. The molecule has 118 valence electrons. The van der Waals surface area contributed by atoms with Crippen LogP contribution in [0.25, 0.3) is 0 Å². The van der Waals surface area contributed by atoms with Crippen LogP contribution < -0.4 is 0 Å². The van der Waals surface area contributed by atoms with E-state index in [1.165, 1.54) is 10.8 Å². The molecule has 1 aliphatic rings. The van der Waals surface area contributed by atoms with Crippen molar-refractivity contribution in [2.75, 3.05) is 6.54 Å². The number of likely N-dealkylation sites (tertiary alicyclic amines) is 1. The summed E-state index contributed by atoms with van der Waals surface area (Å²) in [5.41, 5.74) is 0. The molecule has 0 aliphatic carbocycles. The van der Waals surface area contributed by atoms with Gasteiger partial charge >= 0.3 is 0 Å². The van der Waals surface area contributed by atoms with Crippen LogP contribution in [-0.4, -0.2) is 43.0 Å². The zero-order valence-corrected chi connectivity index (χ0v) is 12.2. The maximum absolute atomic E-state index is 13.8. The molecule has 2 aromatic heterocycles. The summed E-state index contributed by atoms with van der Waals surface area (Å²) in [6, 6.07) is -0.938. The van der Waals surface area contributed by atoms with Crippen LogP contribution in [0, 0.1) is 0 Å². The largest absolute Gasteiger partial charge is 0.423 e. The number of rotatable bonds is 3. The van der Waals surface area contributed by atoms with E-state index >= 15 is 0 Å². The topological polar surface area (TPSA) is 77.1 Å². The molecule has 0 radical (unpaired) electrons. The SMILES string of the molecule is CCc1nnc([C@@H]2CC(F)(F)CN2C(=O)c2nccn2C)o1. The smallest absolute Gasteiger partial charge is 0.290 e. The molecule has 1 fully saturated rings. The summed E-state index contributed by atoms with van der Waals surface area (Å²) < 4.78 is 34.5. The lowest BCUT2D eigenvalue weighted by Crippen LogP contribution is -2.34. The zero-order chi connectivity index (χ0) is 15.9. The van der Waals surface area contributed by atoms with Crippen molar-refractivity contribution < 1.29 is 18.0 Å². The van der Waals surface area contributed by atoms with E-state index < -0.39 is 30.8 Å². The zero-order valence-electron chi connectivity index (χ0n) is 12.2. The average molecular weight is 311 g/mol. The molecule has 0 unspecified atom stereocenters. The number of imidazole rings is 1. The summed E-state index contributed by atoms with van der Waals surface area (Å²) in [5, 5.41) is 7.58. The third-order valence-corrected chi connectivity index (χ3v) is 3.61. The van der Waals surface area contributed by atoms with Gasteiger partial charge in [0.25, 0.3) is 11.8 Å². The molecule has 0 N–H and O–H groups in total. The minimum Gasteiger partial charge on any atom is -0.423 e. The molecule has 3 rings (SSSR count). The molecule has 0 spiro atoms. The van der Waals surface area contributed by atoms with Crippen LogP contribution >= 0.6 is 0 Å². The van der Waals surface area contributed by atoms with Crippen LogP contribution in [0.1, 0.15) is 41.8 Å². The standard InChI is InChI=1S/C13H15F2N5O2/c1-3-9-17-18-11(22-9)8-6-13(14,15)7-20(8)12(21)10-16-4-5-19(10)2/h4-5,8H,3,6-7H2,1-2H3/t8-/m0/s1. The molecule has 3 heterocycles. The van der Waals surface area contributed by atoms with Crippen molar-refractivity contribution in [3.8, 4) is 0 Å². The second-order valence-electron chi connectivity index (χ2n) is 5.26. The van der Waals surface area contributed by atoms with Gasteiger partial charge in [0.1, 0.15) is 6.04 Å². The van der Waals surface area contributed by atoms with Crippen molar-refractivity contribution in [1.29, 1.82) is 0 Å². The third-order valence-electron chi connectivity index (χ3n) is 3.61. The van der Waals surface area contributed by atoms with E-state index in [0.717, 1.165) is 4.90 Å². The van der Waals surface area contributed by atoms with Gasteiger partial charge in [-0.3, -0.25) is 4.79 Å². The first-order chi connectivity index (χ1) is 10.4. The van der Waals surface area contributed by atoms with Crippen LogP contribution in [0.4, 0.5) is 8.78 Å². The van der Waals surface area contributed by atoms with E-state index in [1.54, 1.807) is 13.2 Å². The van der Waals surface area contributed by atoms with Gasteiger partial charge in [-0.2, -0.15) is 0 Å². The van der Waals surface area contributed by atoms with Crippen LogP contribution in [0.15, 0.2) is 16.8 Å². The lowest BCUT2D eigenvalue weighted by atomic mass is 10.2. The first-order valence-corrected chi connectivity index (χ1v) is 6.89. The second kappa shape index (κ2) is 5.15. The highest BCUT2D eigenvalue weighted by molar-refractivity contribution is 5.91. The molecule has 0 aromatic carbocycles. The average Bonchev–Trinajstić information content (AvgIpc) is 3.15. The number of amides is 1. The van der Waals surface area contributed by atoms with E-state index in [0.29, 0.717) is 12.3 Å². The van der Waals surface area contributed by atoms with E-state index in [2.05, 4.69) is 15.2 Å². The van der Waals surface area contributed by atoms with E-state index in [-0.39, 0.29) is 11.7 Å². The second-order valence-corrected chi connectivity index (χ2v) is 5.26. The monoisotopic (exact) mass is 311 g/mol. The first-order valence-electron chi connectivity index (χ1n) is 6.89. The van der Waals surface area contributed by atoms with Gasteiger partial charge in [0, 0.05) is 32.3 Å². The van der Waals surface area contributed by atoms with Crippen LogP contribution in [0.3, 0.4) is 0 Å². The normalized spacial score (nSPS) is 20.5. The third kappa shape index (κ3) is 2.46. The van der Waals surface area contributed by atoms with Gasteiger partial charge in [-0.05, 0) is 0 Å². The van der Waals surface area contributed by atoms with Gasteiger partial charge in [0.15, 0.2) is 5.82 Å². The van der Waals surface area contributed by atoms with E-state index in [1.807, 2.05) is 6.92 Å². The molecule has 1 saturated heterocycles. The Bertz CT molecular complexity index is 696. The summed E-state index contributed by atoms with van der Waals surface area (Å²) in [5.74, 6) is -3.08. The van der Waals surface area contributed by atoms with Crippen molar-refractivity contribution in [1.82, 2.24) is 24.6 Å². The fourth-order valence-electron chi connectivity index (χ4n) is 2.50. The number of hydrogen-bond donors (Lipinski definition) is 0. The van der Waals surface area contributed by atoms with Crippen LogP contribution in [-0.2, 0) is 13.5 Å². The van der Waals surface area contributed by atoms with Crippen molar-refractivity contribution in [2.24, 2.45) is 7.05 Å². The maximum Gasteiger partial charge on any atom is 0.290 e. The van der Waals surface area contributed by atoms with Gasteiger partial charge in [-0.1, -0.05) is 6.92 Å². The summed E-state index contributed by atoms with van der Waals surface area (Å²) in [6.45, 7) is 1.13.